The fraction of sp³-hybridized carbons (Fsp3) is 0.667. The molecule has 2 aliphatic rings. The van der Waals surface area contributed by atoms with Crippen LogP contribution in [0.5, 0.6) is 0 Å². The van der Waals surface area contributed by atoms with E-state index in [-0.39, 0.29) is 23.3 Å². The van der Waals surface area contributed by atoms with Gasteiger partial charge in [-0.3, -0.25) is 4.79 Å². The van der Waals surface area contributed by atoms with Crippen molar-refractivity contribution in [1.29, 1.82) is 0 Å². The number of carbonyl (C=O) groups is 1. The number of hydrogen-bond donors (Lipinski definition) is 1. The Kier molecular flexibility index (Phi) is 7.96. The number of carbonyl (C=O) groups excluding carboxylic acids is 1. The number of hydrogen-bond acceptors (Lipinski definition) is 4. The van der Waals surface area contributed by atoms with Crippen molar-refractivity contribution in [3.63, 3.8) is 0 Å². The Balaban J connectivity index is 1.46. The second-order valence-corrected chi connectivity index (χ2v) is 10.7. The van der Waals surface area contributed by atoms with E-state index in [1.807, 2.05) is 0 Å². The van der Waals surface area contributed by atoms with E-state index in [4.69, 9.17) is 11.6 Å². The van der Waals surface area contributed by atoms with Crippen LogP contribution in [-0.4, -0.2) is 62.8 Å². The van der Waals surface area contributed by atoms with Gasteiger partial charge in [0.2, 0.25) is 15.9 Å². The van der Waals surface area contributed by atoms with Crippen LogP contribution in [0, 0.1) is 11.8 Å². The van der Waals surface area contributed by atoms with E-state index in [2.05, 4.69) is 17.1 Å². The molecule has 0 spiro atoms. The summed E-state index contributed by atoms with van der Waals surface area (Å²) in [5.74, 6) is 0.499. The number of nitrogens with zero attached hydrogens (tertiary/aromatic N) is 2. The number of nitrogens with one attached hydrogen (secondary N) is 1. The lowest BCUT2D eigenvalue weighted by atomic mass is 9.98. The minimum atomic E-state index is -3.60. The molecule has 2 saturated heterocycles. The molecule has 1 N–H and O–H groups in total. The van der Waals surface area contributed by atoms with Crippen molar-refractivity contribution in [2.75, 3.05) is 39.3 Å². The van der Waals surface area contributed by atoms with Crippen molar-refractivity contribution >= 4 is 27.5 Å². The summed E-state index contributed by atoms with van der Waals surface area (Å²) >= 11 is 5.86. The van der Waals surface area contributed by atoms with Gasteiger partial charge in [-0.1, -0.05) is 18.5 Å². The molecule has 162 valence electrons. The third-order valence-corrected chi connectivity index (χ3v) is 8.16. The van der Waals surface area contributed by atoms with Crippen LogP contribution in [0.15, 0.2) is 29.2 Å². The largest absolute Gasteiger partial charge is 0.356 e. The maximum absolute atomic E-state index is 12.9. The zero-order valence-corrected chi connectivity index (χ0v) is 18.7. The molecule has 0 aliphatic carbocycles. The third kappa shape index (κ3) is 6.17. The van der Waals surface area contributed by atoms with E-state index in [1.54, 1.807) is 12.1 Å². The molecule has 8 heteroatoms. The van der Waals surface area contributed by atoms with E-state index in [0.717, 1.165) is 38.4 Å². The second kappa shape index (κ2) is 10.2. The molecule has 6 nitrogen and oxygen atoms in total. The van der Waals surface area contributed by atoms with Gasteiger partial charge < -0.3 is 10.2 Å². The smallest absolute Gasteiger partial charge is 0.243 e. The molecule has 0 unspecified atom stereocenters. The molecule has 1 amide bonds. The van der Waals surface area contributed by atoms with Crippen LogP contribution in [0.3, 0.4) is 0 Å². The Hall–Kier alpha value is -1.15. The van der Waals surface area contributed by atoms with Crippen molar-refractivity contribution in [2.24, 2.45) is 11.8 Å². The summed E-state index contributed by atoms with van der Waals surface area (Å²) in [5.41, 5.74) is 0. The quantitative estimate of drug-likeness (QED) is 0.660. The van der Waals surface area contributed by atoms with E-state index >= 15 is 0 Å². The molecule has 0 radical (unpaired) electrons. The number of likely N-dealkylation sites (tertiary alicyclic amines) is 1. The van der Waals surface area contributed by atoms with Gasteiger partial charge in [0.05, 0.1) is 10.8 Å². The van der Waals surface area contributed by atoms with Gasteiger partial charge in [0.1, 0.15) is 0 Å². The van der Waals surface area contributed by atoms with Gasteiger partial charge in [-0.2, -0.15) is 4.31 Å². The zero-order chi connectivity index (χ0) is 20.9. The van der Waals surface area contributed by atoms with Gasteiger partial charge in [-0.25, -0.2) is 8.42 Å². The topological polar surface area (TPSA) is 69.7 Å². The van der Waals surface area contributed by atoms with Gasteiger partial charge in [-0.05, 0) is 81.9 Å². The van der Waals surface area contributed by atoms with Crippen molar-refractivity contribution in [2.45, 2.75) is 43.9 Å². The van der Waals surface area contributed by atoms with Gasteiger partial charge in [-0.15, -0.1) is 0 Å². The molecule has 0 bridgehead atoms. The Labute approximate surface area is 179 Å². The minimum absolute atomic E-state index is 0.0340. The summed E-state index contributed by atoms with van der Waals surface area (Å²) < 4.78 is 27.2. The van der Waals surface area contributed by atoms with Crippen LogP contribution in [0.25, 0.3) is 0 Å². The highest BCUT2D eigenvalue weighted by atomic mass is 35.5. The monoisotopic (exact) mass is 441 g/mol. The van der Waals surface area contributed by atoms with Crippen molar-refractivity contribution in [3.05, 3.63) is 29.3 Å². The Morgan fingerprint density at radius 1 is 1.14 bits per heavy atom. The maximum Gasteiger partial charge on any atom is 0.243 e. The Morgan fingerprint density at radius 3 is 2.52 bits per heavy atom. The van der Waals surface area contributed by atoms with Gasteiger partial charge in [0.25, 0.3) is 0 Å². The number of benzene rings is 1. The van der Waals surface area contributed by atoms with E-state index in [1.165, 1.54) is 29.3 Å². The summed E-state index contributed by atoms with van der Waals surface area (Å²) in [6.07, 6.45) is 4.86. The number of piperidine rings is 2. The number of amides is 1. The number of sulfonamides is 1. The predicted molar refractivity (Wildman–Crippen MR) is 115 cm³/mol. The Morgan fingerprint density at radius 2 is 1.83 bits per heavy atom. The molecule has 1 aromatic rings. The SMILES string of the molecule is CC1CCN(CCCNC(=O)[C@@H]2CCCN(S(=O)(=O)c3ccc(Cl)cc3)C2)CC1. The molecule has 0 saturated carbocycles. The number of halogens is 1. The fourth-order valence-electron chi connectivity index (χ4n) is 4.07. The van der Waals surface area contributed by atoms with Crippen LogP contribution in [0.2, 0.25) is 5.02 Å². The molecular formula is C21H32ClN3O3S. The highest BCUT2D eigenvalue weighted by Gasteiger charge is 2.33. The molecule has 3 rings (SSSR count). The van der Waals surface area contributed by atoms with Crippen LogP contribution in [0.4, 0.5) is 0 Å². The molecule has 1 atom stereocenters. The van der Waals surface area contributed by atoms with Crippen LogP contribution < -0.4 is 5.32 Å². The summed E-state index contributed by atoms with van der Waals surface area (Å²) in [6, 6.07) is 6.18. The lowest BCUT2D eigenvalue weighted by Crippen LogP contribution is -2.45. The highest BCUT2D eigenvalue weighted by molar-refractivity contribution is 7.89. The standard InChI is InChI=1S/C21H32ClN3O3S/c1-17-9-14-24(15-10-17)12-3-11-23-21(26)18-4-2-13-25(16-18)29(27,28)20-7-5-19(22)6-8-20/h5-8,17-18H,2-4,9-16H2,1H3,(H,23,26)/t18-/m1/s1. The van der Waals surface area contributed by atoms with Crippen LogP contribution in [0.1, 0.15) is 39.0 Å². The maximum atomic E-state index is 12.9. The molecule has 2 aliphatic heterocycles. The molecule has 2 heterocycles. The van der Waals surface area contributed by atoms with Crippen LogP contribution >= 0.6 is 11.6 Å². The first-order valence-corrected chi connectivity index (χ1v) is 12.4. The van der Waals surface area contributed by atoms with Crippen molar-refractivity contribution in [1.82, 2.24) is 14.5 Å². The predicted octanol–water partition coefficient (Wildman–Crippen LogP) is 2.98. The van der Waals surface area contributed by atoms with Crippen molar-refractivity contribution in [3.8, 4) is 0 Å². The first-order chi connectivity index (χ1) is 13.9. The second-order valence-electron chi connectivity index (χ2n) is 8.32. The third-order valence-electron chi connectivity index (χ3n) is 6.03. The summed E-state index contributed by atoms with van der Waals surface area (Å²) in [5, 5.41) is 3.51. The molecule has 0 aromatic heterocycles. The van der Waals surface area contributed by atoms with Gasteiger partial charge in [0, 0.05) is 24.7 Å². The first-order valence-electron chi connectivity index (χ1n) is 10.6. The minimum Gasteiger partial charge on any atom is -0.356 e. The zero-order valence-electron chi connectivity index (χ0n) is 17.1. The Bertz CT molecular complexity index is 777. The number of rotatable bonds is 7. The lowest BCUT2D eigenvalue weighted by molar-refractivity contribution is -0.126. The van der Waals surface area contributed by atoms with Crippen LogP contribution in [-0.2, 0) is 14.8 Å². The highest BCUT2D eigenvalue weighted by Crippen LogP contribution is 2.25. The van der Waals surface area contributed by atoms with E-state index < -0.39 is 10.0 Å². The molecule has 2 fully saturated rings. The molecular weight excluding hydrogens is 410 g/mol. The molecule has 29 heavy (non-hydrogen) atoms. The lowest BCUT2D eigenvalue weighted by Gasteiger charge is -2.31. The van der Waals surface area contributed by atoms with Crippen molar-refractivity contribution < 1.29 is 13.2 Å². The average molecular weight is 442 g/mol. The summed E-state index contributed by atoms with van der Waals surface area (Å²) in [4.78, 5) is 15.3. The normalized spacial score (nSPS) is 22.5. The first kappa shape index (κ1) is 22.5. The average Bonchev–Trinajstić information content (AvgIpc) is 2.73. The van der Waals surface area contributed by atoms with E-state index in [9.17, 15) is 13.2 Å². The van der Waals surface area contributed by atoms with Gasteiger partial charge >= 0.3 is 0 Å². The summed E-state index contributed by atoms with van der Waals surface area (Å²) in [7, 11) is -3.60. The summed E-state index contributed by atoms with van der Waals surface area (Å²) in [6.45, 7) is 6.94. The van der Waals surface area contributed by atoms with Gasteiger partial charge in [0.15, 0.2) is 0 Å². The fourth-order valence-corrected chi connectivity index (χ4v) is 5.72. The van der Waals surface area contributed by atoms with E-state index in [0.29, 0.717) is 24.5 Å². The molecule has 1 aromatic carbocycles.